The topological polar surface area (TPSA) is 140 Å². The summed E-state index contributed by atoms with van der Waals surface area (Å²) < 4.78 is 5.80. The van der Waals surface area contributed by atoms with Gasteiger partial charge in [0.25, 0.3) is 0 Å². The lowest BCUT2D eigenvalue weighted by molar-refractivity contribution is -0.203. The van der Waals surface area contributed by atoms with Gasteiger partial charge in [0.15, 0.2) is 17.5 Å². The normalized spacial score (nSPS) is 36.2. The Labute approximate surface area is 250 Å². The van der Waals surface area contributed by atoms with E-state index in [4.69, 9.17) is 10.1 Å². The number of Topliss-reactive ketones (excluding diaryl/α,β-unsaturated/α-hetero) is 1. The van der Waals surface area contributed by atoms with E-state index in [1.54, 1.807) is 26.1 Å². The first-order valence-electron chi connectivity index (χ1n) is 14.9. The largest absolute Gasteiger partial charge is 0.453 e. The number of rotatable bonds is 6. The monoisotopic (exact) mass is 580 g/mol. The smallest absolute Gasteiger partial charge is 0.327 e. The summed E-state index contributed by atoms with van der Waals surface area (Å²) in [4.78, 5) is 27.3. The molecule has 7 unspecified atom stereocenters. The number of hydrogen-bond acceptors (Lipinski definition) is 8. The molecule has 0 radical (unpaired) electrons. The Hall–Kier alpha value is -2.91. The van der Waals surface area contributed by atoms with Crippen LogP contribution in [0.4, 0.5) is 0 Å². The highest BCUT2D eigenvalue weighted by Crippen LogP contribution is 2.71. The lowest BCUT2D eigenvalue weighted by Crippen LogP contribution is -2.66. The summed E-state index contributed by atoms with van der Waals surface area (Å²) in [6.07, 6.45) is 5.07. The molecular weight excluding hydrogens is 532 g/mol. The number of ether oxygens (including phenoxy) is 1. The number of hydrogen-bond donors (Lipinski definition) is 5. The Kier molecular flexibility index (Phi) is 10.5. The zero-order chi connectivity index (χ0) is 31.5. The molecule has 1 aromatic rings. The fourth-order valence-corrected chi connectivity index (χ4v) is 7.63. The minimum absolute atomic E-state index is 0.0505. The predicted molar refractivity (Wildman–Crippen MR) is 164 cm³/mol. The summed E-state index contributed by atoms with van der Waals surface area (Å²) in [6, 6.07) is 11.1. The molecule has 230 valence electrons. The Morgan fingerprint density at radius 3 is 2.26 bits per heavy atom. The van der Waals surface area contributed by atoms with Crippen LogP contribution in [-0.4, -0.2) is 70.8 Å². The molecule has 0 aliphatic heterocycles. The number of aliphatic hydroxyl groups is 3. The van der Waals surface area contributed by atoms with Gasteiger partial charge in [-0.15, -0.1) is 0 Å². The summed E-state index contributed by atoms with van der Waals surface area (Å²) in [5, 5.41) is 43.9. The third-order valence-electron chi connectivity index (χ3n) is 9.76. The van der Waals surface area contributed by atoms with Crippen LogP contribution in [0.1, 0.15) is 48.0 Å². The molecule has 5 rings (SSSR count). The van der Waals surface area contributed by atoms with Gasteiger partial charge in [0.1, 0.15) is 12.1 Å². The van der Waals surface area contributed by atoms with Crippen LogP contribution in [0.5, 0.6) is 0 Å². The van der Waals surface area contributed by atoms with Crippen molar-refractivity contribution >= 4 is 18.0 Å². The molecule has 5 N–H and O–H groups in total. The van der Waals surface area contributed by atoms with Gasteiger partial charge in [0, 0.05) is 12.1 Å². The molecular formula is C34H48N2O6. The molecule has 0 aromatic heterocycles. The summed E-state index contributed by atoms with van der Waals surface area (Å²) >= 11 is 0. The third kappa shape index (κ3) is 5.34. The molecule has 8 nitrogen and oxygen atoms in total. The van der Waals surface area contributed by atoms with Crippen LogP contribution >= 0.6 is 0 Å². The zero-order valence-electron chi connectivity index (χ0n) is 25.9. The second-order valence-electron chi connectivity index (χ2n) is 12.2. The van der Waals surface area contributed by atoms with E-state index < -0.39 is 47.8 Å². The maximum absolute atomic E-state index is 14.3. The van der Waals surface area contributed by atoms with Gasteiger partial charge in [-0.05, 0) is 60.8 Å². The number of carbonyl (C=O) groups is 2. The van der Waals surface area contributed by atoms with Crippen molar-refractivity contribution in [2.45, 2.75) is 71.8 Å². The molecule has 2 fully saturated rings. The first-order chi connectivity index (χ1) is 19.9. The van der Waals surface area contributed by atoms with Gasteiger partial charge in [-0.2, -0.15) is 0 Å². The summed E-state index contributed by atoms with van der Waals surface area (Å²) in [5.41, 5.74) is -2.99. The Balaban J connectivity index is 0.000000530. The second-order valence-corrected chi connectivity index (χ2v) is 12.2. The van der Waals surface area contributed by atoms with E-state index >= 15 is 0 Å². The minimum Gasteiger partial charge on any atom is -0.453 e. The van der Waals surface area contributed by atoms with Crippen molar-refractivity contribution in [2.24, 2.45) is 34.5 Å². The molecule has 4 aliphatic rings. The molecule has 0 saturated heterocycles. The van der Waals surface area contributed by atoms with Gasteiger partial charge in [-0.3, -0.25) is 4.79 Å². The molecule has 1 spiro atoms. The van der Waals surface area contributed by atoms with Crippen molar-refractivity contribution in [2.75, 3.05) is 13.7 Å². The summed E-state index contributed by atoms with van der Waals surface area (Å²) in [6.45, 7) is 11.4. The summed E-state index contributed by atoms with van der Waals surface area (Å²) in [5.74, 6) is -1.41. The van der Waals surface area contributed by atoms with Crippen molar-refractivity contribution in [3.8, 4) is 0 Å². The number of carbonyl (C=O) groups excluding carboxylic acids is 2. The van der Waals surface area contributed by atoms with E-state index in [1.165, 1.54) is 12.2 Å². The number of benzene rings is 1. The number of nitrogens with one attached hydrogen (secondary N) is 2. The number of allylic oxidation sites excluding steroid dienone is 2. The van der Waals surface area contributed by atoms with Gasteiger partial charge in [0.05, 0.1) is 12.0 Å². The van der Waals surface area contributed by atoms with E-state index in [-0.39, 0.29) is 34.5 Å². The number of likely N-dealkylation sites (N-methyl/N-ethyl adjacent to an activating group) is 1. The molecule has 0 amide bonds. The van der Waals surface area contributed by atoms with Crippen LogP contribution in [0.2, 0.25) is 0 Å². The van der Waals surface area contributed by atoms with Gasteiger partial charge < -0.3 is 30.8 Å². The molecule has 1 aromatic carbocycles. The van der Waals surface area contributed by atoms with E-state index in [9.17, 15) is 24.9 Å². The highest BCUT2D eigenvalue weighted by Gasteiger charge is 2.76. The fourth-order valence-electron chi connectivity index (χ4n) is 7.63. The Morgan fingerprint density at radius 2 is 1.76 bits per heavy atom. The lowest BCUT2D eigenvalue weighted by Gasteiger charge is -2.48. The average molecular weight is 581 g/mol. The molecule has 42 heavy (non-hydrogen) atoms. The SMILES string of the molecule is CC.CNC(C=CC=N)C(=O)OC1C(C)=CC23C(=O)C(C=C(CO)C(O)C12O)[C@H]1C(C[C@H]3C)C1(C)C.c1ccccc1. The van der Waals surface area contributed by atoms with E-state index in [0.29, 0.717) is 12.0 Å². The van der Waals surface area contributed by atoms with E-state index in [0.717, 1.165) is 6.21 Å². The maximum atomic E-state index is 14.3. The van der Waals surface area contributed by atoms with Crippen molar-refractivity contribution in [3.63, 3.8) is 0 Å². The van der Waals surface area contributed by atoms with E-state index in [2.05, 4.69) is 19.2 Å². The Morgan fingerprint density at radius 1 is 1.19 bits per heavy atom. The maximum Gasteiger partial charge on any atom is 0.327 e. The van der Waals surface area contributed by atoms with Gasteiger partial charge >= 0.3 is 5.97 Å². The number of esters is 1. The number of fused-ring (bicyclic) bond motifs is 3. The first kappa shape index (κ1) is 33.6. The molecule has 8 heteroatoms. The van der Waals surface area contributed by atoms with Gasteiger partial charge in [-0.1, -0.05) is 89.2 Å². The van der Waals surface area contributed by atoms with Crippen molar-refractivity contribution < 1.29 is 29.6 Å². The van der Waals surface area contributed by atoms with Crippen LogP contribution in [0.15, 0.2) is 71.8 Å². The number of ketones is 1. The van der Waals surface area contributed by atoms with Crippen LogP contribution in [0.25, 0.3) is 0 Å². The average Bonchev–Trinajstić information content (AvgIpc) is 3.49. The molecule has 2 saturated carbocycles. The van der Waals surface area contributed by atoms with E-state index in [1.807, 2.05) is 57.2 Å². The highest BCUT2D eigenvalue weighted by atomic mass is 16.6. The first-order valence-corrected chi connectivity index (χ1v) is 14.9. The predicted octanol–water partition coefficient (Wildman–Crippen LogP) is 3.87. The van der Waals surface area contributed by atoms with Crippen molar-refractivity contribution in [1.29, 1.82) is 5.41 Å². The van der Waals surface area contributed by atoms with Crippen molar-refractivity contribution in [1.82, 2.24) is 5.32 Å². The molecule has 2 bridgehead atoms. The van der Waals surface area contributed by atoms with Crippen LogP contribution in [0.3, 0.4) is 0 Å². The zero-order valence-corrected chi connectivity index (χ0v) is 25.9. The van der Waals surface area contributed by atoms with Crippen LogP contribution in [0, 0.1) is 39.9 Å². The fraction of sp³-hybridized carbons (Fsp3) is 0.559. The standard InChI is InChI=1S/C26H36N2O6.C6H6.C2H6/c1-13-11-25-14(2)9-17-19(24(17,3)4)16(21(25)31)10-15(12-29)20(30)26(25,33)22(13)34-23(32)18(28-5)7-6-8-27;1-2-4-6-5-3-1;1-2/h6-8,10-11,14,16-20,22,27-30,33H,9,12H2,1-5H3;1-6H;1-2H3/t14-,16?,17?,18?,19+,20?,22?,25?,26?;;/m1../s1. The summed E-state index contributed by atoms with van der Waals surface area (Å²) in [7, 11) is 1.57. The molecule has 0 heterocycles. The van der Waals surface area contributed by atoms with Crippen LogP contribution in [-0.2, 0) is 14.3 Å². The minimum atomic E-state index is -2.16. The van der Waals surface area contributed by atoms with Gasteiger partial charge in [-0.25, -0.2) is 4.79 Å². The Bertz CT molecular complexity index is 1200. The number of aliphatic hydroxyl groups excluding tert-OH is 2. The van der Waals surface area contributed by atoms with Gasteiger partial charge in [0.2, 0.25) is 0 Å². The highest BCUT2D eigenvalue weighted by molar-refractivity contribution is 5.95. The molecule has 9 atom stereocenters. The quantitative estimate of drug-likeness (QED) is 0.196. The van der Waals surface area contributed by atoms with Crippen LogP contribution < -0.4 is 5.32 Å². The van der Waals surface area contributed by atoms with Crippen molar-refractivity contribution in [3.05, 3.63) is 71.8 Å². The third-order valence-corrected chi connectivity index (χ3v) is 9.76. The molecule has 4 aliphatic carbocycles. The lowest BCUT2D eigenvalue weighted by atomic mass is 9.59. The second kappa shape index (κ2) is 13.2.